The number of fused-ring (bicyclic) bond motifs is 3. The fourth-order valence-electron chi connectivity index (χ4n) is 8.82. The predicted octanol–water partition coefficient (Wildman–Crippen LogP) is 7.84. The Balaban J connectivity index is 1.46. The zero-order valence-electron chi connectivity index (χ0n) is 27.9. The highest BCUT2D eigenvalue weighted by atomic mass is 16.5. The average molecular weight is 585 g/mol. The third-order valence-electron chi connectivity index (χ3n) is 11.4. The molecule has 3 aliphatic rings. The largest absolute Gasteiger partial charge is 0.469 e. The third-order valence-corrected chi connectivity index (χ3v) is 11.4. The Labute approximate surface area is 259 Å². The first-order valence-electron chi connectivity index (χ1n) is 16.3. The average Bonchev–Trinajstić information content (AvgIpc) is 3.14. The van der Waals surface area contributed by atoms with Gasteiger partial charge in [0.05, 0.1) is 13.5 Å². The van der Waals surface area contributed by atoms with Crippen LogP contribution in [-0.4, -0.2) is 36.6 Å². The topological polar surface area (TPSA) is 58.6 Å². The summed E-state index contributed by atoms with van der Waals surface area (Å²) >= 11 is 0. The quantitative estimate of drug-likeness (QED) is 0.321. The first kappa shape index (κ1) is 31.5. The molecule has 0 radical (unpaired) electrons. The van der Waals surface area contributed by atoms with E-state index >= 15 is 0 Å². The van der Waals surface area contributed by atoms with Crippen molar-refractivity contribution in [2.24, 2.45) is 11.3 Å². The minimum Gasteiger partial charge on any atom is -0.469 e. The number of esters is 1. The van der Waals surface area contributed by atoms with Gasteiger partial charge in [0.25, 0.3) is 5.91 Å². The standard InChI is InChI=1S/C38H52N2O3/c1-23(2)28-12-15-31-29(20-28)13-16-33-37(7,17-10-18-38(31,33)8)22-40-35(26(5)27(6)36(40)42)39-32(21-34(41)43-9)30-14-11-24(3)19-25(30)4/h11-12,14-15,19-20,23,32-33,35,39H,10,13,16-18,21-22H2,1-9H3/t32-,33-,35-,37-,38-/m0/s1. The number of ether oxygens (including phenoxy) is 1. The Kier molecular flexibility index (Phi) is 8.70. The molecule has 2 aliphatic carbocycles. The number of methoxy groups -OCH3 is 1. The summed E-state index contributed by atoms with van der Waals surface area (Å²) in [5, 5.41) is 3.79. The van der Waals surface area contributed by atoms with Crippen molar-refractivity contribution in [1.82, 2.24) is 10.2 Å². The number of rotatable bonds is 8. The molecule has 0 spiro atoms. The first-order chi connectivity index (χ1) is 20.3. The van der Waals surface area contributed by atoms with Crippen molar-refractivity contribution in [2.75, 3.05) is 13.7 Å². The lowest BCUT2D eigenvalue weighted by atomic mass is 9.49. The highest BCUT2D eigenvalue weighted by Gasteiger charge is 2.53. The normalized spacial score (nSPS) is 27.8. The van der Waals surface area contributed by atoms with Crippen LogP contribution in [-0.2, 0) is 26.2 Å². The molecule has 43 heavy (non-hydrogen) atoms. The van der Waals surface area contributed by atoms with Gasteiger partial charge >= 0.3 is 5.97 Å². The second-order valence-electron chi connectivity index (χ2n) is 14.6. The van der Waals surface area contributed by atoms with Gasteiger partial charge in [-0.25, -0.2) is 0 Å². The second kappa shape index (κ2) is 11.9. The van der Waals surface area contributed by atoms with Crippen LogP contribution in [0, 0.1) is 25.2 Å². The van der Waals surface area contributed by atoms with Crippen LogP contribution in [0.1, 0.15) is 119 Å². The van der Waals surface area contributed by atoms with Gasteiger partial charge in [0.15, 0.2) is 0 Å². The van der Waals surface area contributed by atoms with E-state index in [0.717, 1.165) is 48.0 Å². The highest BCUT2D eigenvalue weighted by Crippen LogP contribution is 2.58. The smallest absolute Gasteiger partial charge is 0.307 e. The molecule has 5 nitrogen and oxygen atoms in total. The lowest BCUT2D eigenvalue weighted by Crippen LogP contribution is -2.56. The molecule has 5 atom stereocenters. The predicted molar refractivity (Wildman–Crippen MR) is 174 cm³/mol. The fraction of sp³-hybridized carbons (Fsp3) is 0.579. The van der Waals surface area contributed by atoms with Crippen LogP contribution in [0.25, 0.3) is 0 Å². The zero-order chi connectivity index (χ0) is 31.3. The zero-order valence-corrected chi connectivity index (χ0v) is 27.9. The van der Waals surface area contributed by atoms with E-state index in [1.807, 2.05) is 6.92 Å². The highest BCUT2D eigenvalue weighted by molar-refractivity contribution is 5.97. The molecule has 0 aromatic heterocycles. The van der Waals surface area contributed by atoms with E-state index in [9.17, 15) is 9.59 Å². The molecule has 2 aromatic carbocycles. The molecule has 0 bridgehead atoms. The number of amides is 1. The van der Waals surface area contributed by atoms with Gasteiger partial charge in [-0.2, -0.15) is 0 Å². The Morgan fingerprint density at radius 2 is 1.81 bits per heavy atom. The molecular formula is C38H52N2O3. The molecular weight excluding hydrogens is 532 g/mol. The number of aryl methyl sites for hydroxylation is 3. The number of hydrogen-bond acceptors (Lipinski definition) is 4. The van der Waals surface area contributed by atoms with Gasteiger partial charge in [0.2, 0.25) is 0 Å². The lowest BCUT2D eigenvalue weighted by molar-refractivity contribution is -0.141. The summed E-state index contributed by atoms with van der Waals surface area (Å²) in [6.07, 6.45) is 5.67. The second-order valence-corrected chi connectivity index (χ2v) is 14.6. The Morgan fingerprint density at radius 3 is 2.49 bits per heavy atom. The maximum Gasteiger partial charge on any atom is 0.307 e. The van der Waals surface area contributed by atoms with E-state index in [1.54, 1.807) is 0 Å². The van der Waals surface area contributed by atoms with Crippen molar-refractivity contribution in [3.63, 3.8) is 0 Å². The van der Waals surface area contributed by atoms with Crippen LogP contribution in [0.4, 0.5) is 0 Å². The van der Waals surface area contributed by atoms with Crippen molar-refractivity contribution in [3.8, 4) is 0 Å². The molecule has 1 fully saturated rings. The molecule has 1 aliphatic heterocycles. The van der Waals surface area contributed by atoms with Crippen LogP contribution in [0.5, 0.6) is 0 Å². The number of hydrogen-bond donors (Lipinski definition) is 1. The van der Waals surface area contributed by atoms with Crippen LogP contribution >= 0.6 is 0 Å². The SMILES string of the molecule is COC(=O)C[C@H](N[C@@H]1C(C)=C(C)C(=O)N1C[C@]1(C)CCC[C@@]2(C)c3ccc(C(C)C)cc3CC[C@@H]12)c1ccc(C)cc1C. The molecule has 1 saturated carbocycles. The van der Waals surface area contributed by atoms with Crippen molar-refractivity contribution in [3.05, 3.63) is 80.9 Å². The van der Waals surface area contributed by atoms with Crippen molar-refractivity contribution in [1.29, 1.82) is 0 Å². The van der Waals surface area contributed by atoms with Gasteiger partial charge in [-0.3, -0.25) is 14.9 Å². The summed E-state index contributed by atoms with van der Waals surface area (Å²) in [6, 6.07) is 13.3. The van der Waals surface area contributed by atoms with Gasteiger partial charge in [-0.15, -0.1) is 0 Å². The number of carbonyl (C=O) groups excluding carboxylic acids is 2. The van der Waals surface area contributed by atoms with E-state index in [-0.39, 0.29) is 41.3 Å². The Bertz CT molecular complexity index is 1440. The summed E-state index contributed by atoms with van der Waals surface area (Å²) in [5.74, 6) is 0.872. The molecule has 232 valence electrons. The Morgan fingerprint density at radius 1 is 1.07 bits per heavy atom. The maximum atomic E-state index is 13.9. The number of carbonyl (C=O) groups is 2. The molecule has 1 heterocycles. The van der Waals surface area contributed by atoms with E-state index in [4.69, 9.17) is 4.74 Å². The molecule has 2 aromatic rings. The van der Waals surface area contributed by atoms with E-state index < -0.39 is 0 Å². The van der Waals surface area contributed by atoms with Crippen molar-refractivity contribution < 1.29 is 14.3 Å². The van der Waals surface area contributed by atoms with Crippen molar-refractivity contribution >= 4 is 11.9 Å². The summed E-state index contributed by atoms with van der Waals surface area (Å²) in [7, 11) is 1.44. The van der Waals surface area contributed by atoms with Gasteiger partial charge in [-0.05, 0) is 109 Å². The summed E-state index contributed by atoms with van der Waals surface area (Å²) in [6.45, 7) is 18.4. The van der Waals surface area contributed by atoms with Crippen LogP contribution in [0.3, 0.4) is 0 Å². The molecule has 0 saturated heterocycles. The summed E-state index contributed by atoms with van der Waals surface area (Å²) in [4.78, 5) is 28.6. The van der Waals surface area contributed by atoms with E-state index in [2.05, 4.69) is 95.1 Å². The van der Waals surface area contributed by atoms with Crippen LogP contribution < -0.4 is 5.32 Å². The molecule has 0 unspecified atom stereocenters. The summed E-state index contributed by atoms with van der Waals surface area (Å²) in [5.41, 5.74) is 9.82. The van der Waals surface area contributed by atoms with Gasteiger partial charge in [0.1, 0.15) is 6.17 Å². The third kappa shape index (κ3) is 5.70. The molecule has 5 heteroatoms. The minimum absolute atomic E-state index is 0.0144. The number of benzene rings is 2. The van der Waals surface area contributed by atoms with Crippen molar-refractivity contribution in [2.45, 2.75) is 117 Å². The van der Waals surface area contributed by atoms with Crippen LogP contribution in [0.2, 0.25) is 0 Å². The lowest BCUT2D eigenvalue weighted by Gasteiger charge is -2.56. The van der Waals surface area contributed by atoms with E-state index in [0.29, 0.717) is 18.4 Å². The van der Waals surface area contributed by atoms with Gasteiger partial charge < -0.3 is 9.64 Å². The number of nitrogens with one attached hydrogen (secondary N) is 1. The molecule has 5 rings (SSSR count). The van der Waals surface area contributed by atoms with Crippen LogP contribution in [0.15, 0.2) is 47.5 Å². The van der Waals surface area contributed by atoms with Gasteiger partial charge in [-0.1, -0.05) is 76.1 Å². The molecule has 1 amide bonds. The Hall–Kier alpha value is -2.92. The first-order valence-corrected chi connectivity index (χ1v) is 16.3. The maximum absolute atomic E-state index is 13.9. The summed E-state index contributed by atoms with van der Waals surface area (Å²) < 4.78 is 5.11. The fourth-order valence-corrected chi connectivity index (χ4v) is 8.82. The monoisotopic (exact) mass is 584 g/mol. The minimum atomic E-state index is -0.268. The van der Waals surface area contributed by atoms with E-state index in [1.165, 1.54) is 35.8 Å². The number of nitrogens with zero attached hydrogens (tertiary/aromatic N) is 1. The molecule has 1 N–H and O–H groups in total. The van der Waals surface area contributed by atoms with Gasteiger partial charge in [0, 0.05) is 18.2 Å².